The zero-order valence-corrected chi connectivity index (χ0v) is 20.4. The number of hydrogen-bond acceptors (Lipinski definition) is 6. The Bertz CT molecular complexity index is 1020. The first-order valence-corrected chi connectivity index (χ1v) is 13.5. The fraction of sp³-hybridized carbons (Fsp3) is 0.435. The van der Waals surface area contributed by atoms with Crippen LogP contribution in [0.2, 0.25) is 0 Å². The highest BCUT2D eigenvalue weighted by Gasteiger charge is 2.26. The molecule has 2 aromatic carbocycles. The van der Waals surface area contributed by atoms with Crippen molar-refractivity contribution >= 4 is 39.1 Å². The molecule has 1 atom stereocenters. The predicted octanol–water partition coefficient (Wildman–Crippen LogP) is 3.18. The number of carbonyl (C=O) groups is 1. The summed E-state index contributed by atoms with van der Waals surface area (Å²) in [5, 5.41) is 2.91. The van der Waals surface area contributed by atoms with Gasteiger partial charge in [-0.05, 0) is 68.2 Å². The summed E-state index contributed by atoms with van der Waals surface area (Å²) >= 11 is 1.57. The summed E-state index contributed by atoms with van der Waals surface area (Å²) in [6.45, 7) is 6.91. The van der Waals surface area contributed by atoms with Gasteiger partial charge < -0.3 is 15.0 Å². The van der Waals surface area contributed by atoms with Crippen LogP contribution in [-0.2, 0) is 19.6 Å². The van der Waals surface area contributed by atoms with Crippen LogP contribution in [0, 0.1) is 13.8 Å². The smallest absolute Gasteiger partial charge is 0.242 e. The molecule has 3 rings (SSSR count). The monoisotopic (exact) mass is 477 g/mol. The van der Waals surface area contributed by atoms with Crippen LogP contribution in [0.3, 0.4) is 0 Å². The van der Waals surface area contributed by atoms with E-state index in [4.69, 9.17) is 4.74 Å². The number of ether oxygens (including phenoxy) is 1. The van der Waals surface area contributed by atoms with E-state index in [1.54, 1.807) is 36.0 Å². The summed E-state index contributed by atoms with van der Waals surface area (Å²) in [5.74, 6) is 0.292. The van der Waals surface area contributed by atoms with Crippen molar-refractivity contribution in [3.63, 3.8) is 0 Å². The number of anilines is 2. The molecule has 1 aliphatic rings. The van der Waals surface area contributed by atoms with Gasteiger partial charge in [0.2, 0.25) is 15.9 Å². The molecule has 0 saturated carbocycles. The molecule has 1 heterocycles. The number of aryl methyl sites for hydroxylation is 2. The van der Waals surface area contributed by atoms with Crippen molar-refractivity contribution in [2.24, 2.45) is 0 Å². The van der Waals surface area contributed by atoms with E-state index < -0.39 is 16.1 Å². The Morgan fingerprint density at radius 2 is 1.81 bits per heavy atom. The van der Waals surface area contributed by atoms with E-state index in [2.05, 4.69) is 14.9 Å². The maximum absolute atomic E-state index is 13.0. The quantitative estimate of drug-likeness (QED) is 0.577. The molecular weight excluding hydrogens is 446 g/mol. The molecule has 0 spiro atoms. The molecule has 2 aromatic rings. The van der Waals surface area contributed by atoms with Gasteiger partial charge in [-0.2, -0.15) is 16.5 Å². The molecule has 1 aliphatic heterocycles. The lowest BCUT2D eigenvalue weighted by Crippen LogP contribution is -2.44. The second-order valence-electron chi connectivity index (χ2n) is 7.86. The molecule has 7 nitrogen and oxygen atoms in total. The number of nitrogens with zero attached hydrogens (tertiary/aromatic N) is 1. The van der Waals surface area contributed by atoms with Gasteiger partial charge >= 0.3 is 0 Å². The normalized spacial score (nSPS) is 15.4. The highest BCUT2D eigenvalue weighted by Crippen LogP contribution is 2.24. The molecule has 9 heteroatoms. The number of hydrogen-bond donors (Lipinski definition) is 2. The van der Waals surface area contributed by atoms with Gasteiger partial charge in [0.25, 0.3) is 0 Å². The van der Waals surface area contributed by atoms with Gasteiger partial charge in [-0.3, -0.25) is 4.79 Å². The number of carbonyl (C=O) groups excluding carboxylic acids is 1. The van der Waals surface area contributed by atoms with E-state index in [9.17, 15) is 13.2 Å². The van der Waals surface area contributed by atoms with Gasteiger partial charge in [-0.25, -0.2) is 8.42 Å². The molecule has 32 heavy (non-hydrogen) atoms. The number of rotatable bonds is 9. The van der Waals surface area contributed by atoms with Crippen molar-refractivity contribution in [2.45, 2.75) is 31.2 Å². The Morgan fingerprint density at radius 1 is 1.12 bits per heavy atom. The van der Waals surface area contributed by atoms with E-state index in [1.807, 2.05) is 38.3 Å². The summed E-state index contributed by atoms with van der Waals surface area (Å²) < 4.78 is 33.7. The maximum atomic E-state index is 13.0. The molecule has 174 valence electrons. The standard InChI is InChI=1S/C23H31N3O4S2/c1-17-4-7-20(8-5-17)32(28,29)25-22(10-15-31-3)23(27)24-21-9-6-19(16-18(21)2)26-11-13-30-14-12-26/h4-9,16,22,25H,10-15H2,1-3H3,(H,24,27). The Kier molecular flexibility index (Phi) is 8.58. The van der Waals surface area contributed by atoms with Crippen molar-refractivity contribution in [3.05, 3.63) is 53.6 Å². The first-order chi connectivity index (χ1) is 15.3. The van der Waals surface area contributed by atoms with Crippen LogP contribution >= 0.6 is 11.8 Å². The lowest BCUT2D eigenvalue weighted by atomic mass is 10.1. The topological polar surface area (TPSA) is 87.7 Å². The highest BCUT2D eigenvalue weighted by atomic mass is 32.2. The second-order valence-corrected chi connectivity index (χ2v) is 10.6. The number of morpholine rings is 1. The van der Waals surface area contributed by atoms with Crippen molar-refractivity contribution in [1.29, 1.82) is 0 Å². The third kappa shape index (κ3) is 6.48. The summed E-state index contributed by atoms with van der Waals surface area (Å²) in [4.78, 5) is 15.4. The minimum atomic E-state index is -3.81. The van der Waals surface area contributed by atoms with E-state index in [0.717, 1.165) is 29.9 Å². The SMILES string of the molecule is CSCCC(NS(=O)(=O)c1ccc(C)cc1)C(=O)Nc1ccc(N2CCOCC2)cc1C. The fourth-order valence-corrected chi connectivity index (χ4v) is 5.18. The average molecular weight is 478 g/mol. The van der Waals surface area contributed by atoms with Gasteiger partial charge in [0, 0.05) is 24.5 Å². The van der Waals surface area contributed by atoms with Gasteiger partial charge in [-0.15, -0.1) is 0 Å². The third-order valence-electron chi connectivity index (χ3n) is 5.40. The average Bonchev–Trinajstić information content (AvgIpc) is 2.78. The highest BCUT2D eigenvalue weighted by molar-refractivity contribution is 7.98. The Labute approximate surface area is 195 Å². The number of nitrogens with one attached hydrogen (secondary N) is 2. The van der Waals surface area contributed by atoms with Gasteiger partial charge in [0.05, 0.1) is 18.1 Å². The van der Waals surface area contributed by atoms with Crippen molar-refractivity contribution in [2.75, 3.05) is 48.5 Å². The summed E-state index contributed by atoms with van der Waals surface area (Å²) in [6.07, 6.45) is 2.32. The van der Waals surface area contributed by atoms with Crippen molar-refractivity contribution in [1.82, 2.24) is 4.72 Å². The maximum Gasteiger partial charge on any atom is 0.242 e. The van der Waals surface area contributed by atoms with E-state index in [-0.39, 0.29) is 10.8 Å². The molecule has 1 fully saturated rings. The molecule has 2 N–H and O–H groups in total. The predicted molar refractivity (Wildman–Crippen MR) is 131 cm³/mol. The first kappa shape index (κ1) is 24.6. The lowest BCUT2D eigenvalue weighted by Gasteiger charge is -2.29. The number of amides is 1. The molecule has 1 amide bonds. The first-order valence-electron chi connectivity index (χ1n) is 10.6. The number of benzene rings is 2. The fourth-order valence-electron chi connectivity index (χ4n) is 3.48. The van der Waals surface area contributed by atoms with E-state index >= 15 is 0 Å². The summed E-state index contributed by atoms with van der Waals surface area (Å²) in [6, 6.07) is 11.6. The second kappa shape index (κ2) is 11.2. The van der Waals surface area contributed by atoms with Gasteiger partial charge in [0.1, 0.15) is 6.04 Å². The Morgan fingerprint density at radius 3 is 2.44 bits per heavy atom. The zero-order chi connectivity index (χ0) is 23.1. The van der Waals surface area contributed by atoms with Crippen LogP contribution in [0.5, 0.6) is 0 Å². The third-order valence-corrected chi connectivity index (χ3v) is 7.53. The van der Waals surface area contributed by atoms with Crippen LogP contribution in [0.15, 0.2) is 47.4 Å². The lowest BCUT2D eigenvalue weighted by molar-refractivity contribution is -0.117. The van der Waals surface area contributed by atoms with Gasteiger partial charge in [0.15, 0.2) is 0 Å². The Balaban J connectivity index is 1.73. The molecule has 0 radical (unpaired) electrons. The zero-order valence-electron chi connectivity index (χ0n) is 18.8. The molecule has 0 aromatic heterocycles. The van der Waals surface area contributed by atoms with E-state index in [0.29, 0.717) is 31.1 Å². The molecule has 0 bridgehead atoms. The molecule has 1 saturated heterocycles. The molecule has 0 aliphatic carbocycles. The minimum Gasteiger partial charge on any atom is -0.378 e. The van der Waals surface area contributed by atoms with Gasteiger partial charge in [-0.1, -0.05) is 17.7 Å². The van der Waals surface area contributed by atoms with E-state index in [1.165, 1.54) is 0 Å². The molecular formula is C23H31N3O4S2. The summed E-state index contributed by atoms with van der Waals surface area (Å²) in [7, 11) is -3.81. The van der Waals surface area contributed by atoms with Crippen LogP contribution in [-0.4, -0.2) is 58.7 Å². The number of thioether (sulfide) groups is 1. The van der Waals surface area contributed by atoms with Crippen LogP contribution in [0.4, 0.5) is 11.4 Å². The van der Waals surface area contributed by atoms with Crippen LogP contribution in [0.25, 0.3) is 0 Å². The Hall–Kier alpha value is -2.07. The summed E-state index contributed by atoms with van der Waals surface area (Å²) in [5.41, 5.74) is 3.66. The van der Waals surface area contributed by atoms with Crippen LogP contribution in [0.1, 0.15) is 17.5 Å². The minimum absolute atomic E-state index is 0.149. The van der Waals surface area contributed by atoms with Crippen LogP contribution < -0.4 is 14.9 Å². The number of sulfonamides is 1. The largest absolute Gasteiger partial charge is 0.378 e. The van der Waals surface area contributed by atoms with Crippen molar-refractivity contribution < 1.29 is 17.9 Å². The van der Waals surface area contributed by atoms with Crippen molar-refractivity contribution in [3.8, 4) is 0 Å². The molecule has 1 unspecified atom stereocenters.